The molecule has 148 valence electrons. The van der Waals surface area contributed by atoms with E-state index in [9.17, 15) is 8.42 Å². The Kier molecular flexibility index (Phi) is 5.68. The average Bonchev–Trinajstić information content (AvgIpc) is 3.13. The van der Waals surface area contributed by atoms with Gasteiger partial charge in [0, 0.05) is 32.2 Å². The highest BCUT2D eigenvalue weighted by Crippen LogP contribution is 2.31. The quantitative estimate of drug-likeness (QED) is 0.724. The van der Waals surface area contributed by atoms with Crippen LogP contribution in [0.1, 0.15) is 24.7 Å². The van der Waals surface area contributed by atoms with Crippen molar-refractivity contribution in [3.05, 3.63) is 29.9 Å². The van der Waals surface area contributed by atoms with Crippen molar-refractivity contribution >= 4 is 10.0 Å². The van der Waals surface area contributed by atoms with Crippen LogP contribution < -0.4 is 9.47 Å². The summed E-state index contributed by atoms with van der Waals surface area (Å²) < 4.78 is 43.1. The van der Waals surface area contributed by atoms with Gasteiger partial charge >= 0.3 is 0 Å². The molecule has 2 aromatic rings. The van der Waals surface area contributed by atoms with Crippen LogP contribution in [0.25, 0.3) is 0 Å². The molecule has 0 saturated carbocycles. The number of rotatable bonds is 6. The van der Waals surface area contributed by atoms with E-state index in [-0.39, 0.29) is 10.9 Å². The molecule has 0 bridgehead atoms. The number of ether oxygens (including phenoxy) is 2. The Bertz CT molecular complexity index is 890. The molecular weight excluding hydrogens is 372 g/mol. The highest BCUT2D eigenvalue weighted by molar-refractivity contribution is 7.89. The number of methoxy groups -OCH3 is 2. The Morgan fingerprint density at radius 2 is 1.78 bits per heavy atom. The molecule has 0 aliphatic carbocycles. The molecule has 1 aromatic heterocycles. The largest absolute Gasteiger partial charge is 0.493 e. The van der Waals surface area contributed by atoms with Crippen LogP contribution in [0.5, 0.6) is 11.5 Å². The Morgan fingerprint density at radius 1 is 1.11 bits per heavy atom. The number of piperazine rings is 1. The van der Waals surface area contributed by atoms with Crippen LogP contribution in [0, 0.1) is 6.92 Å². The lowest BCUT2D eigenvalue weighted by atomic mass is 10.2. The summed E-state index contributed by atoms with van der Waals surface area (Å²) in [4.78, 5) is 6.58. The SMILES string of the molecule is COc1ccc(S(=O)(=O)N2CCN([C@@H](C)c3nc(C)no3)CC2)cc1OC. The van der Waals surface area contributed by atoms with Crippen molar-refractivity contribution in [2.24, 2.45) is 0 Å². The minimum atomic E-state index is -3.61. The molecule has 10 heteroatoms. The lowest BCUT2D eigenvalue weighted by Gasteiger charge is -2.36. The number of hydrogen-bond donors (Lipinski definition) is 0. The van der Waals surface area contributed by atoms with E-state index in [1.807, 2.05) is 6.92 Å². The summed E-state index contributed by atoms with van der Waals surface area (Å²) in [5.74, 6) is 2.01. The van der Waals surface area contributed by atoms with E-state index in [0.717, 1.165) is 0 Å². The van der Waals surface area contributed by atoms with Crippen molar-refractivity contribution in [2.75, 3.05) is 40.4 Å². The lowest BCUT2D eigenvalue weighted by molar-refractivity contribution is 0.124. The van der Waals surface area contributed by atoms with Crippen LogP contribution in [0.4, 0.5) is 0 Å². The number of aromatic nitrogens is 2. The second kappa shape index (κ2) is 7.83. The Balaban J connectivity index is 1.71. The van der Waals surface area contributed by atoms with Crippen molar-refractivity contribution in [3.63, 3.8) is 0 Å². The molecule has 1 saturated heterocycles. The molecule has 1 aromatic carbocycles. The monoisotopic (exact) mass is 396 g/mol. The van der Waals surface area contributed by atoms with Crippen molar-refractivity contribution in [3.8, 4) is 11.5 Å². The standard InChI is InChI=1S/C17H24N4O5S/c1-12(17-18-13(2)19-26-17)20-7-9-21(10-8-20)27(22,23)14-5-6-15(24-3)16(11-14)25-4/h5-6,11-12H,7-10H2,1-4H3/t12-/m0/s1. The number of aryl methyl sites for hydroxylation is 1. The van der Waals surface area contributed by atoms with Gasteiger partial charge in [-0.05, 0) is 26.0 Å². The van der Waals surface area contributed by atoms with Crippen LogP contribution in [0.3, 0.4) is 0 Å². The fraction of sp³-hybridized carbons (Fsp3) is 0.529. The molecule has 2 heterocycles. The van der Waals surface area contributed by atoms with Crippen LogP contribution in [0.15, 0.2) is 27.6 Å². The van der Waals surface area contributed by atoms with E-state index >= 15 is 0 Å². The number of sulfonamides is 1. The number of benzene rings is 1. The number of hydrogen-bond acceptors (Lipinski definition) is 8. The summed E-state index contributed by atoms with van der Waals surface area (Å²) in [6.45, 7) is 5.67. The van der Waals surface area contributed by atoms with Gasteiger partial charge in [-0.2, -0.15) is 9.29 Å². The molecule has 1 aliphatic rings. The maximum Gasteiger partial charge on any atom is 0.243 e. The van der Waals surface area contributed by atoms with Gasteiger partial charge in [-0.15, -0.1) is 0 Å². The predicted octanol–water partition coefficient (Wildman–Crippen LogP) is 1.46. The third-order valence-electron chi connectivity index (χ3n) is 4.71. The molecule has 0 amide bonds. The third kappa shape index (κ3) is 3.92. The van der Waals surface area contributed by atoms with E-state index in [4.69, 9.17) is 14.0 Å². The van der Waals surface area contributed by atoms with E-state index in [1.165, 1.54) is 30.7 Å². The van der Waals surface area contributed by atoms with Crippen LogP contribution in [0.2, 0.25) is 0 Å². The van der Waals surface area contributed by atoms with Crippen molar-refractivity contribution < 1.29 is 22.4 Å². The first-order valence-corrected chi connectivity index (χ1v) is 10.1. The molecule has 1 aliphatic heterocycles. The summed E-state index contributed by atoms with van der Waals surface area (Å²) in [6.07, 6.45) is 0. The van der Waals surface area contributed by atoms with Crippen molar-refractivity contribution in [1.29, 1.82) is 0 Å². The first kappa shape index (κ1) is 19.6. The van der Waals surface area contributed by atoms with Gasteiger partial charge in [-0.1, -0.05) is 5.16 Å². The van der Waals surface area contributed by atoms with Gasteiger partial charge in [0.15, 0.2) is 17.3 Å². The van der Waals surface area contributed by atoms with Gasteiger partial charge in [-0.3, -0.25) is 4.90 Å². The predicted molar refractivity (Wildman–Crippen MR) is 97.3 cm³/mol. The summed E-state index contributed by atoms with van der Waals surface area (Å²) in [5, 5.41) is 3.82. The molecule has 1 fully saturated rings. The third-order valence-corrected chi connectivity index (χ3v) is 6.61. The summed E-state index contributed by atoms with van der Waals surface area (Å²) in [6, 6.07) is 4.57. The number of nitrogens with zero attached hydrogens (tertiary/aromatic N) is 4. The zero-order valence-corrected chi connectivity index (χ0v) is 16.7. The fourth-order valence-electron chi connectivity index (χ4n) is 3.10. The maximum atomic E-state index is 13.0. The second-order valence-corrected chi connectivity index (χ2v) is 8.25. The minimum absolute atomic E-state index is 0.0582. The molecule has 3 rings (SSSR count). The molecule has 0 unspecified atom stereocenters. The maximum absolute atomic E-state index is 13.0. The van der Waals surface area contributed by atoms with Gasteiger partial charge in [-0.25, -0.2) is 8.42 Å². The Morgan fingerprint density at radius 3 is 2.33 bits per heavy atom. The zero-order chi connectivity index (χ0) is 19.6. The summed E-state index contributed by atoms with van der Waals surface area (Å²) in [5.41, 5.74) is 0. The molecule has 0 spiro atoms. The Hall–Kier alpha value is -2.17. The highest BCUT2D eigenvalue weighted by Gasteiger charge is 2.32. The normalized spacial score (nSPS) is 17.6. The average molecular weight is 396 g/mol. The summed E-state index contributed by atoms with van der Waals surface area (Å²) >= 11 is 0. The first-order valence-electron chi connectivity index (χ1n) is 8.63. The minimum Gasteiger partial charge on any atom is -0.493 e. The van der Waals surface area contributed by atoms with Gasteiger partial charge in [0.2, 0.25) is 15.9 Å². The van der Waals surface area contributed by atoms with Gasteiger partial charge in [0.1, 0.15) is 0 Å². The topological polar surface area (TPSA) is 98.0 Å². The molecule has 27 heavy (non-hydrogen) atoms. The van der Waals surface area contributed by atoms with Crippen LogP contribution >= 0.6 is 0 Å². The summed E-state index contributed by atoms with van der Waals surface area (Å²) in [7, 11) is -0.619. The molecule has 9 nitrogen and oxygen atoms in total. The van der Waals surface area contributed by atoms with Crippen molar-refractivity contribution in [1.82, 2.24) is 19.3 Å². The van der Waals surface area contributed by atoms with Gasteiger partial charge in [0.05, 0.1) is 25.2 Å². The van der Waals surface area contributed by atoms with E-state index < -0.39 is 10.0 Å². The zero-order valence-electron chi connectivity index (χ0n) is 15.9. The Labute approximate surface area is 158 Å². The van der Waals surface area contributed by atoms with Gasteiger partial charge in [0.25, 0.3) is 0 Å². The molecule has 1 atom stereocenters. The van der Waals surface area contributed by atoms with E-state index in [1.54, 1.807) is 13.0 Å². The lowest BCUT2D eigenvalue weighted by Crippen LogP contribution is -2.49. The first-order chi connectivity index (χ1) is 12.9. The van der Waals surface area contributed by atoms with Crippen molar-refractivity contribution in [2.45, 2.75) is 24.8 Å². The fourth-order valence-corrected chi connectivity index (χ4v) is 4.53. The van der Waals surface area contributed by atoms with Crippen LogP contribution in [-0.4, -0.2) is 68.2 Å². The smallest absolute Gasteiger partial charge is 0.243 e. The second-order valence-electron chi connectivity index (χ2n) is 6.31. The van der Waals surface area contributed by atoms with Gasteiger partial charge < -0.3 is 14.0 Å². The molecule has 0 N–H and O–H groups in total. The highest BCUT2D eigenvalue weighted by atomic mass is 32.2. The van der Waals surface area contributed by atoms with Crippen LogP contribution in [-0.2, 0) is 10.0 Å². The molecular formula is C17H24N4O5S. The van der Waals surface area contributed by atoms with E-state index in [0.29, 0.717) is 49.4 Å². The molecule has 0 radical (unpaired) electrons. The van der Waals surface area contributed by atoms with E-state index in [2.05, 4.69) is 15.0 Å².